The zero-order chi connectivity index (χ0) is 11.2. The Bertz CT molecular complexity index is 188. The minimum Gasteiger partial charge on any atom is -0.313 e. The van der Waals surface area contributed by atoms with Crippen molar-refractivity contribution in [3.05, 3.63) is 0 Å². The standard InChI is InChI=1S/C13H26N2S/c1-16-9-3-8-15(10-12-5-6-12)11-13-4-2-7-14-13/h12-14H,2-11H2,1H3. The maximum atomic E-state index is 3.62. The minimum atomic E-state index is 0.785. The highest BCUT2D eigenvalue weighted by Gasteiger charge is 2.26. The van der Waals surface area contributed by atoms with Gasteiger partial charge in [-0.3, -0.25) is 0 Å². The topological polar surface area (TPSA) is 15.3 Å². The lowest BCUT2D eigenvalue weighted by molar-refractivity contribution is 0.241. The van der Waals surface area contributed by atoms with E-state index in [1.54, 1.807) is 0 Å². The molecule has 1 saturated carbocycles. The van der Waals surface area contributed by atoms with Gasteiger partial charge in [0.25, 0.3) is 0 Å². The maximum absolute atomic E-state index is 3.62. The number of rotatable bonds is 8. The van der Waals surface area contributed by atoms with Gasteiger partial charge < -0.3 is 10.2 Å². The van der Waals surface area contributed by atoms with E-state index in [0.717, 1.165) is 12.0 Å². The van der Waals surface area contributed by atoms with Gasteiger partial charge in [-0.25, -0.2) is 0 Å². The molecule has 0 bridgehead atoms. The largest absolute Gasteiger partial charge is 0.313 e. The maximum Gasteiger partial charge on any atom is 0.0195 e. The van der Waals surface area contributed by atoms with E-state index in [0.29, 0.717) is 0 Å². The van der Waals surface area contributed by atoms with Crippen LogP contribution in [0.1, 0.15) is 32.1 Å². The van der Waals surface area contributed by atoms with Crippen molar-refractivity contribution in [2.45, 2.75) is 38.1 Å². The molecule has 0 amide bonds. The quantitative estimate of drug-likeness (QED) is 0.657. The molecule has 1 aliphatic heterocycles. The highest BCUT2D eigenvalue weighted by Crippen LogP contribution is 2.30. The van der Waals surface area contributed by atoms with Gasteiger partial charge in [-0.2, -0.15) is 11.8 Å². The van der Waals surface area contributed by atoms with Crippen molar-refractivity contribution in [1.82, 2.24) is 10.2 Å². The van der Waals surface area contributed by atoms with Crippen LogP contribution in [0.3, 0.4) is 0 Å². The third kappa shape index (κ3) is 4.64. The molecule has 1 saturated heterocycles. The normalized spacial score (nSPS) is 25.5. The Labute approximate surface area is 105 Å². The van der Waals surface area contributed by atoms with Gasteiger partial charge in [0.1, 0.15) is 0 Å². The molecule has 0 aromatic carbocycles. The highest BCUT2D eigenvalue weighted by molar-refractivity contribution is 7.98. The van der Waals surface area contributed by atoms with Crippen molar-refractivity contribution >= 4 is 11.8 Å². The van der Waals surface area contributed by atoms with Crippen LogP contribution in [0.4, 0.5) is 0 Å². The van der Waals surface area contributed by atoms with E-state index < -0.39 is 0 Å². The summed E-state index contributed by atoms with van der Waals surface area (Å²) in [5.41, 5.74) is 0. The second-order valence-corrected chi connectivity index (χ2v) is 6.33. The summed E-state index contributed by atoms with van der Waals surface area (Å²) in [6.07, 6.45) is 9.31. The molecule has 0 radical (unpaired) electrons. The molecule has 1 unspecified atom stereocenters. The Hall–Kier alpha value is 0.270. The van der Waals surface area contributed by atoms with E-state index in [1.807, 2.05) is 11.8 Å². The summed E-state index contributed by atoms with van der Waals surface area (Å²) in [5, 5.41) is 3.62. The van der Waals surface area contributed by atoms with Crippen LogP contribution in [0.25, 0.3) is 0 Å². The predicted octanol–water partition coefficient (Wildman–Crippen LogP) is 2.20. The summed E-state index contributed by atoms with van der Waals surface area (Å²) in [5.74, 6) is 2.36. The van der Waals surface area contributed by atoms with Crippen LogP contribution >= 0.6 is 11.8 Å². The van der Waals surface area contributed by atoms with Gasteiger partial charge in [0.15, 0.2) is 0 Å². The first kappa shape index (κ1) is 12.7. The molecule has 1 atom stereocenters. The Morgan fingerprint density at radius 1 is 1.25 bits per heavy atom. The molecule has 1 aliphatic carbocycles. The summed E-state index contributed by atoms with van der Waals surface area (Å²) in [6, 6.07) is 0.785. The van der Waals surface area contributed by atoms with E-state index in [-0.39, 0.29) is 0 Å². The second-order valence-electron chi connectivity index (χ2n) is 5.34. The van der Waals surface area contributed by atoms with E-state index >= 15 is 0 Å². The fraction of sp³-hybridized carbons (Fsp3) is 1.00. The molecule has 2 nitrogen and oxygen atoms in total. The lowest BCUT2D eigenvalue weighted by Crippen LogP contribution is -2.39. The Balaban J connectivity index is 1.67. The first-order valence-corrected chi connectivity index (χ1v) is 8.22. The van der Waals surface area contributed by atoms with Crippen LogP contribution < -0.4 is 5.32 Å². The van der Waals surface area contributed by atoms with Gasteiger partial charge >= 0.3 is 0 Å². The number of nitrogens with one attached hydrogen (secondary N) is 1. The van der Waals surface area contributed by atoms with Crippen LogP contribution in [0, 0.1) is 5.92 Å². The molecule has 0 spiro atoms. The van der Waals surface area contributed by atoms with Crippen molar-refractivity contribution in [2.24, 2.45) is 5.92 Å². The van der Waals surface area contributed by atoms with Gasteiger partial charge in [0.2, 0.25) is 0 Å². The molecule has 2 rings (SSSR count). The summed E-state index contributed by atoms with van der Waals surface area (Å²) in [4.78, 5) is 2.72. The second kappa shape index (κ2) is 6.87. The molecule has 1 N–H and O–H groups in total. The Kier molecular flexibility index (Phi) is 5.46. The summed E-state index contributed by atoms with van der Waals surface area (Å²) in [6.45, 7) is 5.22. The van der Waals surface area contributed by atoms with Crippen molar-refractivity contribution in [1.29, 1.82) is 0 Å². The molecular weight excluding hydrogens is 216 g/mol. The van der Waals surface area contributed by atoms with Crippen LogP contribution in [0.5, 0.6) is 0 Å². The molecule has 94 valence electrons. The monoisotopic (exact) mass is 242 g/mol. The Morgan fingerprint density at radius 2 is 2.12 bits per heavy atom. The fourth-order valence-corrected chi connectivity index (χ4v) is 3.00. The summed E-state index contributed by atoms with van der Waals surface area (Å²) >= 11 is 1.98. The Morgan fingerprint density at radius 3 is 2.75 bits per heavy atom. The van der Waals surface area contributed by atoms with E-state index in [4.69, 9.17) is 0 Å². The SMILES string of the molecule is CSCCCN(CC1CC1)CC1CCCN1. The fourth-order valence-electron chi connectivity index (χ4n) is 2.58. The van der Waals surface area contributed by atoms with Crippen LogP contribution in [0.2, 0.25) is 0 Å². The highest BCUT2D eigenvalue weighted by atomic mass is 32.2. The molecule has 16 heavy (non-hydrogen) atoms. The van der Waals surface area contributed by atoms with Crippen molar-refractivity contribution in [3.8, 4) is 0 Å². The molecule has 3 heteroatoms. The molecular formula is C13H26N2S. The molecule has 1 heterocycles. The van der Waals surface area contributed by atoms with Gasteiger partial charge in [-0.15, -0.1) is 0 Å². The van der Waals surface area contributed by atoms with Crippen LogP contribution in [0.15, 0.2) is 0 Å². The third-order valence-electron chi connectivity index (χ3n) is 3.68. The molecule has 0 aromatic rings. The molecule has 2 aliphatic rings. The zero-order valence-corrected chi connectivity index (χ0v) is 11.4. The molecule has 2 fully saturated rings. The van der Waals surface area contributed by atoms with Gasteiger partial charge in [0, 0.05) is 19.1 Å². The number of hydrogen-bond donors (Lipinski definition) is 1. The number of nitrogens with zero attached hydrogens (tertiary/aromatic N) is 1. The predicted molar refractivity (Wildman–Crippen MR) is 73.2 cm³/mol. The van der Waals surface area contributed by atoms with E-state index in [1.165, 1.54) is 64.0 Å². The number of thioether (sulfide) groups is 1. The van der Waals surface area contributed by atoms with E-state index in [2.05, 4.69) is 16.5 Å². The lowest BCUT2D eigenvalue weighted by Gasteiger charge is -2.25. The van der Waals surface area contributed by atoms with Crippen molar-refractivity contribution in [3.63, 3.8) is 0 Å². The average molecular weight is 242 g/mol. The first-order valence-electron chi connectivity index (χ1n) is 6.83. The molecule has 0 aromatic heterocycles. The lowest BCUT2D eigenvalue weighted by atomic mass is 10.2. The first-order chi connectivity index (χ1) is 7.88. The third-order valence-corrected chi connectivity index (χ3v) is 4.37. The van der Waals surface area contributed by atoms with Crippen LogP contribution in [-0.4, -0.2) is 49.1 Å². The summed E-state index contributed by atoms with van der Waals surface area (Å²) in [7, 11) is 0. The van der Waals surface area contributed by atoms with Crippen molar-refractivity contribution in [2.75, 3.05) is 38.2 Å². The summed E-state index contributed by atoms with van der Waals surface area (Å²) < 4.78 is 0. The van der Waals surface area contributed by atoms with Crippen molar-refractivity contribution < 1.29 is 0 Å². The average Bonchev–Trinajstić information content (AvgIpc) is 2.93. The minimum absolute atomic E-state index is 0.785. The van der Waals surface area contributed by atoms with Gasteiger partial charge in [0.05, 0.1) is 0 Å². The van der Waals surface area contributed by atoms with Crippen LogP contribution in [-0.2, 0) is 0 Å². The number of hydrogen-bond acceptors (Lipinski definition) is 3. The zero-order valence-electron chi connectivity index (χ0n) is 10.6. The van der Waals surface area contributed by atoms with Gasteiger partial charge in [-0.1, -0.05) is 0 Å². The van der Waals surface area contributed by atoms with E-state index in [9.17, 15) is 0 Å². The van der Waals surface area contributed by atoms with Gasteiger partial charge in [-0.05, 0) is 63.1 Å². The smallest absolute Gasteiger partial charge is 0.0195 e.